The average Bonchev–Trinajstić information content (AvgIpc) is 3.03. The number of piperidine rings is 1. The summed E-state index contributed by atoms with van der Waals surface area (Å²) < 4.78 is 5.79. The summed E-state index contributed by atoms with van der Waals surface area (Å²) in [6.45, 7) is 5.08. The normalized spacial score (nSPS) is 18.2. The van der Waals surface area contributed by atoms with Gasteiger partial charge in [-0.15, -0.1) is 0 Å². The standard InChI is InChI=1S/C19H24N2O2/c1-14-6-8-16(9-7-14)17-13-20-18(23-17)10-11-19(22)21-12-4-3-5-15(21)2/h6-9,13,15H,3-5,10-12H2,1-2H3. The van der Waals surface area contributed by atoms with Crippen molar-refractivity contribution in [3.63, 3.8) is 0 Å². The molecular weight excluding hydrogens is 288 g/mol. The van der Waals surface area contributed by atoms with Gasteiger partial charge >= 0.3 is 0 Å². The molecule has 0 N–H and O–H groups in total. The maximum atomic E-state index is 12.4. The Balaban J connectivity index is 1.58. The van der Waals surface area contributed by atoms with Crippen molar-refractivity contribution in [3.8, 4) is 11.3 Å². The van der Waals surface area contributed by atoms with Crippen molar-refractivity contribution in [1.82, 2.24) is 9.88 Å². The smallest absolute Gasteiger partial charge is 0.223 e. The van der Waals surface area contributed by atoms with Crippen LogP contribution in [-0.4, -0.2) is 28.4 Å². The highest BCUT2D eigenvalue weighted by molar-refractivity contribution is 5.76. The Labute approximate surface area is 137 Å². The predicted molar refractivity (Wildman–Crippen MR) is 90.0 cm³/mol. The van der Waals surface area contributed by atoms with Crippen LogP contribution >= 0.6 is 0 Å². The highest BCUT2D eigenvalue weighted by atomic mass is 16.4. The molecule has 0 radical (unpaired) electrons. The lowest BCUT2D eigenvalue weighted by atomic mass is 10.0. The largest absolute Gasteiger partial charge is 0.441 e. The van der Waals surface area contributed by atoms with Gasteiger partial charge in [0.2, 0.25) is 5.91 Å². The Kier molecular flexibility index (Phi) is 4.79. The van der Waals surface area contributed by atoms with Crippen molar-refractivity contribution >= 4 is 5.91 Å². The molecule has 1 aromatic heterocycles. The molecular formula is C19H24N2O2. The van der Waals surface area contributed by atoms with Gasteiger partial charge in [-0.2, -0.15) is 0 Å². The molecule has 4 nitrogen and oxygen atoms in total. The second kappa shape index (κ2) is 6.99. The van der Waals surface area contributed by atoms with Gasteiger partial charge in [0.1, 0.15) is 0 Å². The summed E-state index contributed by atoms with van der Waals surface area (Å²) >= 11 is 0. The van der Waals surface area contributed by atoms with E-state index in [1.807, 2.05) is 17.0 Å². The summed E-state index contributed by atoms with van der Waals surface area (Å²) in [4.78, 5) is 18.7. The van der Waals surface area contributed by atoms with E-state index in [-0.39, 0.29) is 5.91 Å². The number of nitrogens with zero attached hydrogens (tertiary/aromatic N) is 2. The number of carbonyl (C=O) groups excluding carboxylic acids is 1. The molecule has 0 spiro atoms. The quantitative estimate of drug-likeness (QED) is 0.857. The molecule has 23 heavy (non-hydrogen) atoms. The van der Waals surface area contributed by atoms with Crippen LogP contribution < -0.4 is 0 Å². The molecule has 2 heterocycles. The Hall–Kier alpha value is -2.10. The van der Waals surface area contributed by atoms with Crippen molar-refractivity contribution < 1.29 is 9.21 Å². The Morgan fingerprint density at radius 1 is 1.30 bits per heavy atom. The Bertz CT molecular complexity index is 660. The first-order chi connectivity index (χ1) is 11.1. The molecule has 0 bridgehead atoms. The van der Waals surface area contributed by atoms with Crippen LogP contribution in [0.15, 0.2) is 34.9 Å². The first kappa shape index (κ1) is 15.8. The van der Waals surface area contributed by atoms with E-state index >= 15 is 0 Å². The van der Waals surface area contributed by atoms with Crippen LogP contribution in [-0.2, 0) is 11.2 Å². The maximum Gasteiger partial charge on any atom is 0.223 e. The van der Waals surface area contributed by atoms with E-state index in [0.717, 1.165) is 30.7 Å². The third-order valence-electron chi connectivity index (χ3n) is 4.57. The molecule has 1 aliphatic heterocycles. The van der Waals surface area contributed by atoms with E-state index in [1.165, 1.54) is 12.0 Å². The molecule has 1 aliphatic rings. The van der Waals surface area contributed by atoms with Gasteiger partial charge in [0, 0.05) is 31.0 Å². The lowest BCUT2D eigenvalue weighted by Crippen LogP contribution is -2.42. The van der Waals surface area contributed by atoms with Crippen molar-refractivity contribution in [2.24, 2.45) is 0 Å². The van der Waals surface area contributed by atoms with Gasteiger partial charge in [0.15, 0.2) is 11.7 Å². The molecule has 122 valence electrons. The number of rotatable bonds is 4. The van der Waals surface area contributed by atoms with Crippen LogP contribution in [0.25, 0.3) is 11.3 Å². The zero-order valence-electron chi connectivity index (χ0n) is 13.9. The molecule has 3 rings (SSSR count). The fraction of sp³-hybridized carbons (Fsp3) is 0.474. The zero-order chi connectivity index (χ0) is 16.2. The van der Waals surface area contributed by atoms with E-state index in [4.69, 9.17) is 4.42 Å². The second-order valence-electron chi connectivity index (χ2n) is 6.42. The summed E-state index contributed by atoms with van der Waals surface area (Å²) in [5, 5.41) is 0. The Morgan fingerprint density at radius 2 is 2.09 bits per heavy atom. The number of carbonyl (C=O) groups is 1. The molecule has 1 saturated heterocycles. The van der Waals surface area contributed by atoms with Gasteiger partial charge in [-0.05, 0) is 33.1 Å². The van der Waals surface area contributed by atoms with Gasteiger partial charge in [-0.25, -0.2) is 4.98 Å². The summed E-state index contributed by atoms with van der Waals surface area (Å²) in [6.07, 6.45) is 6.24. The molecule has 1 atom stereocenters. The average molecular weight is 312 g/mol. The number of hydrogen-bond donors (Lipinski definition) is 0. The van der Waals surface area contributed by atoms with Gasteiger partial charge in [-0.3, -0.25) is 4.79 Å². The monoisotopic (exact) mass is 312 g/mol. The molecule has 1 aromatic carbocycles. The highest BCUT2D eigenvalue weighted by Crippen LogP contribution is 2.22. The number of oxazole rings is 1. The summed E-state index contributed by atoms with van der Waals surface area (Å²) in [6, 6.07) is 8.53. The van der Waals surface area contributed by atoms with Crippen molar-refractivity contribution in [2.75, 3.05) is 6.54 Å². The van der Waals surface area contributed by atoms with Crippen molar-refractivity contribution in [2.45, 2.75) is 52.0 Å². The molecule has 1 amide bonds. The molecule has 4 heteroatoms. The zero-order valence-corrected chi connectivity index (χ0v) is 13.9. The summed E-state index contributed by atoms with van der Waals surface area (Å²) in [5.74, 6) is 1.62. The minimum atomic E-state index is 0.215. The number of aromatic nitrogens is 1. The molecule has 0 aliphatic carbocycles. The minimum Gasteiger partial charge on any atom is -0.441 e. The number of amides is 1. The summed E-state index contributed by atoms with van der Waals surface area (Å²) in [5.41, 5.74) is 2.24. The number of benzene rings is 1. The lowest BCUT2D eigenvalue weighted by molar-refractivity contribution is -0.134. The van der Waals surface area contributed by atoms with E-state index in [9.17, 15) is 4.79 Å². The fourth-order valence-electron chi connectivity index (χ4n) is 3.10. The van der Waals surface area contributed by atoms with Crippen molar-refractivity contribution in [3.05, 3.63) is 41.9 Å². The molecule has 1 fully saturated rings. The predicted octanol–water partition coefficient (Wildman–Crippen LogP) is 3.98. The maximum absolute atomic E-state index is 12.4. The van der Waals surface area contributed by atoms with E-state index < -0.39 is 0 Å². The first-order valence-electron chi connectivity index (χ1n) is 8.44. The SMILES string of the molecule is Cc1ccc(-c2cnc(CCC(=O)N3CCCCC3C)o2)cc1. The topological polar surface area (TPSA) is 46.3 Å². The lowest BCUT2D eigenvalue weighted by Gasteiger charge is -2.33. The van der Waals surface area contributed by atoms with Crippen LogP contribution in [0.1, 0.15) is 44.1 Å². The van der Waals surface area contributed by atoms with E-state index in [1.54, 1.807) is 6.20 Å². The second-order valence-corrected chi connectivity index (χ2v) is 6.42. The van der Waals surface area contributed by atoms with Crippen molar-refractivity contribution in [1.29, 1.82) is 0 Å². The van der Waals surface area contributed by atoms with Crippen LogP contribution in [0.3, 0.4) is 0 Å². The van der Waals surface area contributed by atoms with E-state index in [0.29, 0.717) is 24.8 Å². The van der Waals surface area contributed by atoms with Crippen LogP contribution in [0, 0.1) is 6.92 Å². The third kappa shape index (κ3) is 3.81. The van der Waals surface area contributed by atoms with Crippen LogP contribution in [0.2, 0.25) is 0 Å². The highest BCUT2D eigenvalue weighted by Gasteiger charge is 2.23. The summed E-state index contributed by atoms with van der Waals surface area (Å²) in [7, 11) is 0. The van der Waals surface area contributed by atoms with E-state index in [2.05, 4.69) is 31.0 Å². The van der Waals surface area contributed by atoms with Gasteiger partial charge in [0.05, 0.1) is 6.20 Å². The van der Waals surface area contributed by atoms with Crippen LogP contribution in [0.4, 0.5) is 0 Å². The van der Waals surface area contributed by atoms with Gasteiger partial charge < -0.3 is 9.32 Å². The van der Waals surface area contributed by atoms with Gasteiger partial charge in [-0.1, -0.05) is 29.8 Å². The number of likely N-dealkylation sites (tertiary alicyclic amines) is 1. The first-order valence-corrected chi connectivity index (χ1v) is 8.44. The van der Waals surface area contributed by atoms with Crippen LogP contribution in [0.5, 0.6) is 0 Å². The molecule has 2 aromatic rings. The number of aryl methyl sites for hydroxylation is 2. The molecule has 0 saturated carbocycles. The number of hydrogen-bond acceptors (Lipinski definition) is 3. The molecule has 1 unspecified atom stereocenters. The Morgan fingerprint density at radius 3 is 2.83 bits per heavy atom. The minimum absolute atomic E-state index is 0.215. The third-order valence-corrected chi connectivity index (χ3v) is 4.57. The van der Waals surface area contributed by atoms with Gasteiger partial charge in [0.25, 0.3) is 0 Å². The fourth-order valence-corrected chi connectivity index (χ4v) is 3.10.